The average Bonchev–Trinajstić information content (AvgIpc) is 2.49. The van der Waals surface area contributed by atoms with E-state index in [4.69, 9.17) is 0 Å². The normalized spacial score (nSPS) is 22.1. The first-order chi connectivity index (χ1) is 6.56. The van der Waals surface area contributed by atoms with Crippen molar-refractivity contribution >= 4 is 11.3 Å². The molecule has 0 saturated heterocycles. The summed E-state index contributed by atoms with van der Waals surface area (Å²) in [5.41, 5.74) is 0.832. The van der Waals surface area contributed by atoms with Crippen LogP contribution < -0.4 is 5.32 Å². The van der Waals surface area contributed by atoms with Gasteiger partial charge >= 0.3 is 6.18 Å². The fourth-order valence-corrected chi connectivity index (χ4v) is 2.69. The Morgan fingerprint density at radius 2 is 2.29 bits per heavy atom. The molecule has 0 saturated carbocycles. The van der Waals surface area contributed by atoms with Crippen LogP contribution in [-0.4, -0.2) is 12.7 Å². The van der Waals surface area contributed by atoms with Gasteiger partial charge in [0.2, 0.25) is 0 Å². The minimum atomic E-state index is -4.09. The number of fused-ring (bicyclic) bond motifs is 1. The minimum absolute atomic E-state index is 0.537. The van der Waals surface area contributed by atoms with Crippen molar-refractivity contribution in [3.8, 4) is 0 Å². The molecule has 0 bridgehead atoms. The third-order valence-corrected chi connectivity index (χ3v) is 3.33. The van der Waals surface area contributed by atoms with Crippen LogP contribution in [0.5, 0.6) is 0 Å². The zero-order valence-electron chi connectivity index (χ0n) is 7.40. The second-order valence-electron chi connectivity index (χ2n) is 3.38. The Hall–Kier alpha value is -0.550. The van der Waals surface area contributed by atoms with Crippen molar-refractivity contribution in [1.29, 1.82) is 0 Å². The first kappa shape index (κ1) is 9.98. The Labute approximate surface area is 83.9 Å². The molecule has 1 unspecified atom stereocenters. The lowest BCUT2D eigenvalue weighted by atomic mass is 10.00. The molecule has 78 valence electrons. The molecule has 14 heavy (non-hydrogen) atoms. The van der Waals surface area contributed by atoms with Gasteiger partial charge < -0.3 is 5.32 Å². The summed E-state index contributed by atoms with van der Waals surface area (Å²) in [7, 11) is 0. The first-order valence-electron chi connectivity index (χ1n) is 4.43. The average molecular weight is 221 g/mol. The van der Waals surface area contributed by atoms with E-state index in [2.05, 4.69) is 5.32 Å². The molecule has 2 heterocycles. The Morgan fingerprint density at radius 3 is 3.00 bits per heavy atom. The summed E-state index contributed by atoms with van der Waals surface area (Å²) in [5.74, 6) is 0. The molecular weight excluding hydrogens is 211 g/mol. The van der Waals surface area contributed by atoms with Crippen molar-refractivity contribution < 1.29 is 13.2 Å². The third-order valence-electron chi connectivity index (χ3n) is 2.33. The third kappa shape index (κ3) is 2.09. The summed E-state index contributed by atoms with van der Waals surface area (Å²) in [5, 5.41) is 4.77. The summed E-state index contributed by atoms with van der Waals surface area (Å²) >= 11 is 1.55. The molecule has 0 aromatic carbocycles. The number of halogens is 3. The number of hydrogen-bond acceptors (Lipinski definition) is 2. The highest BCUT2D eigenvalue weighted by atomic mass is 32.1. The van der Waals surface area contributed by atoms with Crippen LogP contribution in [0, 0.1) is 0 Å². The number of thiophene rings is 1. The van der Waals surface area contributed by atoms with Gasteiger partial charge in [-0.25, -0.2) is 0 Å². The first-order valence-corrected chi connectivity index (χ1v) is 5.30. The van der Waals surface area contributed by atoms with E-state index in [1.807, 2.05) is 5.38 Å². The van der Waals surface area contributed by atoms with E-state index >= 15 is 0 Å². The van der Waals surface area contributed by atoms with E-state index in [9.17, 15) is 13.2 Å². The lowest BCUT2D eigenvalue weighted by molar-refractivity contribution is -0.140. The van der Waals surface area contributed by atoms with Crippen molar-refractivity contribution in [2.75, 3.05) is 6.54 Å². The predicted molar refractivity (Wildman–Crippen MR) is 49.4 cm³/mol. The van der Waals surface area contributed by atoms with Crippen LogP contribution in [0.25, 0.3) is 0 Å². The zero-order chi connectivity index (χ0) is 10.2. The highest BCUT2D eigenvalue weighted by Crippen LogP contribution is 2.35. The molecule has 1 aromatic rings. The molecule has 1 aromatic heterocycles. The molecule has 5 heteroatoms. The predicted octanol–water partition coefficient (Wildman–Crippen LogP) is 2.89. The topological polar surface area (TPSA) is 12.0 Å². The maximum atomic E-state index is 12.2. The smallest absolute Gasteiger partial charge is 0.309 e. The number of rotatable bonds is 1. The Kier molecular flexibility index (Phi) is 2.53. The Balaban J connectivity index is 2.16. The van der Waals surface area contributed by atoms with E-state index in [0.29, 0.717) is 6.54 Å². The van der Waals surface area contributed by atoms with Gasteiger partial charge in [-0.2, -0.15) is 13.2 Å². The van der Waals surface area contributed by atoms with E-state index in [0.717, 1.165) is 16.9 Å². The molecular formula is C9H10F3NS. The van der Waals surface area contributed by atoms with Crippen LogP contribution >= 0.6 is 11.3 Å². The van der Waals surface area contributed by atoms with Crippen molar-refractivity contribution in [3.05, 3.63) is 21.9 Å². The molecule has 0 spiro atoms. The van der Waals surface area contributed by atoms with Crippen molar-refractivity contribution in [3.63, 3.8) is 0 Å². The second-order valence-corrected chi connectivity index (χ2v) is 4.38. The van der Waals surface area contributed by atoms with Crippen LogP contribution in [-0.2, 0) is 6.42 Å². The van der Waals surface area contributed by atoms with Gasteiger partial charge in [-0.1, -0.05) is 0 Å². The van der Waals surface area contributed by atoms with Crippen molar-refractivity contribution in [2.45, 2.75) is 25.1 Å². The fourth-order valence-electron chi connectivity index (χ4n) is 1.75. The van der Waals surface area contributed by atoms with Gasteiger partial charge in [0.1, 0.15) is 0 Å². The lowest BCUT2D eigenvalue weighted by Crippen LogP contribution is -2.32. The lowest BCUT2D eigenvalue weighted by Gasteiger charge is -2.25. The van der Waals surface area contributed by atoms with Crippen LogP contribution in [0.15, 0.2) is 11.4 Å². The van der Waals surface area contributed by atoms with Crippen LogP contribution in [0.2, 0.25) is 0 Å². The second kappa shape index (κ2) is 3.55. The summed E-state index contributed by atoms with van der Waals surface area (Å²) in [4.78, 5) is 1.10. The summed E-state index contributed by atoms with van der Waals surface area (Å²) in [6.45, 7) is 0.647. The van der Waals surface area contributed by atoms with Crippen LogP contribution in [0.1, 0.15) is 22.9 Å². The molecule has 1 aliphatic heterocycles. The number of alkyl halides is 3. The van der Waals surface area contributed by atoms with Crippen molar-refractivity contribution in [2.24, 2.45) is 0 Å². The van der Waals surface area contributed by atoms with Gasteiger partial charge in [-0.05, 0) is 23.4 Å². The SMILES string of the molecule is FC(F)(F)CC1NCCc2sccc21. The van der Waals surface area contributed by atoms with Gasteiger partial charge in [-0.15, -0.1) is 11.3 Å². The highest BCUT2D eigenvalue weighted by Gasteiger charge is 2.34. The van der Waals surface area contributed by atoms with Gasteiger partial charge in [0.15, 0.2) is 0 Å². The molecule has 0 amide bonds. The van der Waals surface area contributed by atoms with Gasteiger partial charge in [-0.3, -0.25) is 0 Å². The van der Waals surface area contributed by atoms with Crippen LogP contribution in [0.4, 0.5) is 13.2 Å². The van der Waals surface area contributed by atoms with E-state index in [1.54, 1.807) is 17.4 Å². The van der Waals surface area contributed by atoms with E-state index < -0.39 is 18.6 Å². The quantitative estimate of drug-likeness (QED) is 0.768. The molecule has 0 aliphatic carbocycles. The summed E-state index contributed by atoms with van der Waals surface area (Å²) < 4.78 is 36.6. The monoisotopic (exact) mass is 221 g/mol. The van der Waals surface area contributed by atoms with Gasteiger partial charge in [0.25, 0.3) is 0 Å². The van der Waals surface area contributed by atoms with E-state index in [1.165, 1.54) is 0 Å². The number of hydrogen-bond donors (Lipinski definition) is 1. The van der Waals surface area contributed by atoms with Crippen LogP contribution in [0.3, 0.4) is 0 Å². The van der Waals surface area contributed by atoms with E-state index in [-0.39, 0.29) is 0 Å². The maximum Gasteiger partial charge on any atom is 0.390 e. The molecule has 0 radical (unpaired) electrons. The maximum absolute atomic E-state index is 12.2. The summed E-state index contributed by atoms with van der Waals surface area (Å²) in [6.07, 6.45) is -4.01. The Morgan fingerprint density at radius 1 is 1.50 bits per heavy atom. The molecule has 2 rings (SSSR count). The molecule has 1 N–H and O–H groups in total. The fraction of sp³-hybridized carbons (Fsp3) is 0.556. The van der Waals surface area contributed by atoms with Gasteiger partial charge in [0.05, 0.1) is 6.42 Å². The minimum Gasteiger partial charge on any atom is -0.309 e. The molecule has 0 fully saturated rings. The molecule has 1 nitrogen and oxygen atoms in total. The zero-order valence-corrected chi connectivity index (χ0v) is 8.21. The highest BCUT2D eigenvalue weighted by molar-refractivity contribution is 7.10. The Bertz CT molecular complexity index is 318. The molecule has 1 atom stereocenters. The van der Waals surface area contributed by atoms with Crippen molar-refractivity contribution in [1.82, 2.24) is 5.32 Å². The standard InChI is InChI=1S/C9H10F3NS/c10-9(11,12)5-7-6-2-4-14-8(6)1-3-13-7/h2,4,7,13H,1,3,5H2. The molecule has 1 aliphatic rings. The number of nitrogens with one attached hydrogen (secondary N) is 1. The van der Waals surface area contributed by atoms with Gasteiger partial charge in [0, 0.05) is 17.5 Å². The summed E-state index contributed by atoms with van der Waals surface area (Å²) in [6, 6.07) is 1.26. The largest absolute Gasteiger partial charge is 0.390 e.